The van der Waals surface area contributed by atoms with E-state index >= 15 is 0 Å². The minimum atomic E-state index is -0.329. The maximum atomic E-state index is 12.4. The minimum absolute atomic E-state index is 0.0875. The fourth-order valence-electron chi connectivity index (χ4n) is 2.84. The number of likely N-dealkylation sites (N-methyl/N-ethyl adjacent to an activating group) is 1. The molecule has 110 valence electrons. The quantitative estimate of drug-likeness (QED) is 0.751. The zero-order valence-electron chi connectivity index (χ0n) is 12.1. The summed E-state index contributed by atoms with van der Waals surface area (Å²) in [6.45, 7) is 3.87. The standard InChI is InChI=1S/C15H22N2O3/c1-9(2)14-15(20)16-11(8-18)6-10-4-5-12(19)7-13(10)17(14)3/h4-5,7,9,11,14,18-19H,6,8H2,1-3H3,(H,16,20)/t11-,14-/m0/s1. The second-order valence-corrected chi connectivity index (χ2v) is 5.70. The van der Waals surface area contributed by atoms with E-state index in [1.54, 1.807) is 12.1 Å². The number of hydrogen-bond donors (Lipinski definition) is 3. The van der Waals surface area contributed by atoms with Crippen molar-refractivity contribution in [3.05, 3.63) is 23.8 Å². The van der Waals surface area contributed by atoms with Gasteiger partial charge in [0.15, 0.2) is 0 Å². The predicted octanol–water partition coefficient (Wildman–Crippen LogP) is 0.886. The Morgan fingerprint density at radius 1 is 1.45 bits per heavy atom. The van der Waals surface area contributed by atoms with Gasteiger partial charge in [-0.1, -0.05) is 19.9 Å². The number of phenolic OH excluding ortho intramolecular Hbond substituents is 1. The molecule has 0 saturated heterocycles. The van der Waals surface area contributed by atoms with Crippen LogP contribution in [0, 0.1) is 5.92 Å². The van der Waals surface area contributed by atoms with E-state index in [0.29, 0.717) is 6.42 Å². The van der Waals surface area contributed by atoms with Crippen LogP contribution in [-0.2, 0) is 11.2 Å². The number of hydrogen-bond acceptors (Lipinski definition) is 4. The fraction of sp³-hybridized carbons (Fsp3) is 0.533. The van der Waals surface area contributed by atoms with Crippen molar-refractivity contribution >= 4 is 11.6 Å². The Labute approximate surface area is 119 Å². The molecule has 1 amide bonds. The average molecular weight is 278 g/mol. The number of carbonyl (C=O) groups is 1. The minimum Gasteiger partial charge on any atom is -0.508 e. The number of aromatic hydroxyl groups is 1. The molecule has 2 rings (SSSR count). The second kappa shape index (κ2) is 5.71. The second-order valence-electron chi connectivity index (χ2n) is 5.70. The molecule has 0 fully saturated rings. The van der Waals surface area contributed by atoms with Crippen molar-refractivity contribution in [3.8, 4) is 5.75 Å². The van der Waals surface area contributed by atoms with E-state index in [-0.39, 0.29) is 36.3 Å². The number of amides is 1. The highest BCUT2D eigenvalue weighted by atomic mass is 16.3. The van der Waals surface area contributed by atoms with Crippen molar-refractivity contribution in [2.75, 3.05) is 18.6 Å². The normalized spacial score (nSPS) is 23.1. The first-order valence-corrected chi connectivity index (χ1v) is 6.90. The van der Waals surface area contributed by atoms with Crippen LogP contribution in [0.1, 0.15) is 19.4 Å². The fourth-order valence-corrected chi connectivity index (χ4v) is 2.84. The van der Waals surface area contributed by atoms with Crippen LogP contribution in [0.2, 0.25) is 0 Å². The van der Waals surface area contributed by atoms with Gasteiger partial charge in [-0.3, -0.25) is 4.79 Å². The average Bonchev–Trinajstić information content (AvgIpc) is 2.38. The summed E-state index contributed by atoms with van der Waals surface area (Å²) in [5, 5.41) is 22.0. The van der Waals surface area contributed by atoms with Crippen molar-refractivity contribution < 1.29 is 15.0 Å². The summed E-state index contributed by atoms with van der Waals surface area (Å²) in [5.74, 6) is 0.211. The molecule has 1 heterocycles. The zero-order chi connectivity index (χ0) is 14.9. The molecule has 0 aliphatic carbocycles. The zero-order valence-corrected chi connectivity index (χ0v) is 12.1. The predicted molar refractivity (Wildman–Crippen MR) is 77.9 cm³/mol. The Balaban J connectivity index is 2.50. The molecule has 0 saturated carbocycles. The number of anilines is 1. The van der Waals surface area contributed by atoms with Gasteiger partial charge in [-0.25, -0.2) is 0 Å². The van der Waals surface area contributed by atoms with E-state index < -0.39 is 0 Å². The molecule has 2 atom stereocenters. The summed E-state index contributed by atoms with van der Waals surface area (Å²) < 4.78 is 0. The van der Waals surface area contributed by atoms with E-state index in [1.807, 2.05) is 31.9 Å². The third kappa shape index (κ3) is 2.72. The molecular weight excluding hydrogens is 256 g/mol. The molecule has 5 heteroatoms. The Hall–Kier alpha value is -1.75. The van der Waals surface area contributed by atoms with E-state index in [2.05, 4.69) is 5.32 Å². The first kappa shape index (κ1) is 14.7. The van der Waals surface area contributed by atoms with Gasteiger partial charge >= 0.3 is 0 Å². The van der Waals surface area contributed by atoms with E-state index in [1.165, 1.54) is 0 Å². The van der Waals surface area contributed by atoms with Gasteiger partial charge in [-0.15, -0.1) is 0 Å². The lowest BCUT2D eigenvalue weighted by Crippen LogP contribution is -2.54. The molecule has 20 heavy (non-hydrogen) atoms. The Kier molecular flexibility index (Phi) is 4.18. The van der Waals surface area contributed by atoms with Crippen LogP contribution in [0.5, 0.6) is 5.75 Å². The van der Waals surface area contributed by atoms with Crippen LogP contribution < -0.4 is 10.2 Å². The number of aliphatic hydroxyl groups is 1. The van der Waals surface area contributed by atoms with Crippen molar-refractivity contribution in [1.82, 2.24) is 5.32 Å². The lowest BCUT2D eigenvalue weighted by atomic mass is 9.95. The number of benzene rings is 1. The van der Waals surface area contributed by atoms with Crippen LogP contribution in [0.3, 0.4) is 0 Å². The molecule has 0 radical (unpaired) electrons. The molecule has 0 unspecified atom stereocenters. The third-order valence-corrected chi connectivity index (χ3v) is 3.80. The molecular formula is C15H22N2O3. The Morgan fingerprint density at radius 2 is 2.15 bits per heavy atom. The van der Waals surface area contributed by atoms with Gasteiger partial charge in [-0.2, -0.15) is 0 Å². The largest absolute Gasteiger partial charge is 0.508 e. The maximum absolute atomic E-state index is 12.4. The van der Waals surface area contributed by atoms with Gasteiger partial charge in [0, 0.05) is 18.8 Å². The molecule has 1 aromatic carbocycles. The summed E-state index contributed by atoms with van der Waals surface area (Å²) in [5.41, 5.74) is 1.85. The smallest absolute Gasteiger partial charge is 0.243 e. The summed E-state index contributed by atoms with van der Waals surface area (Å²) in [6.07, 6.45) is 0.549. The highest BCUT2D eigenvalue weighted by Gasteiger charge is 2.32. The molecule has 3 N–H and O–H groups in total. The van der Waals surface area contributed by atoms with Crippen molar-refractivity contribution in [2.45, 2.75) is 32.4 Å². The number of nitrogens with zero attached hydrogens (tertiary/aromatic N) is 1. The highest BCUT2D eigenvalue weighted by molar-refractivity contribution is 5.86. The van der Waals surface area contributed by atoms with Gasteiger partial charge < -0.3 is 20.4 Å². The molecule has 1 aliphatic rings. The summed E-state index contributed by atoms with van der Waals surface area (Å²) in [6, 6.07) is 4.54. The maximum Gasteiger partial charge on any atom is 0.243 e. The topological polar surface area (TPSA) is 72.8 Å². The molecule has 0 spiro atoms. The summed E-state index contributed by atoms with van der Waals surface area (Å²) in [4.78, 5) is 14.3. The van der Waals surface area contributed by atoms with Crippen LogP contribution in [0.25, 0.3) is 0 Å². The first-order valence-electron chi connectivity index (χ1n) is 6.90. The lowest BCUT2D eigenvalue weighted by molar-refractivity contribution is -0.124. The van der Waals surface area contributed by atoms with Gasteiger partial charge in [0.25, 0.3) is 0 Å². The monoisotopic (exact) mass is 278 g/mol. The highest BCUT2D eigenvalue weighted by Crippen LogP contribution is 2.30. The molecule has 0 bridgehead atoms. The third-order valence-electron chi connectivity index (χ3n) is 3.80. The first-order chi connectivity index (χ1) is 9.43. The van der Waals surface area contributed by atoms with Gasteiger partial charge in [0.05, 0.1) is 12.6 Å². The number of aliphatic hydroxyl groups excluding tert-OH is 1. The molecule has 0 aromatic heterocycles. The SMILES string of the molecule is CC(C)[C@H]1C(=O)N[C@H](CO)Cc2ccc(O)cc2N1C. The number of nitrogens with one attached hydrogen (secondary N) is 1. The van der Waals surface area contributed by atoms with Crippen molar-refractivity contribution in [3.63, 3.8) is 0 Å². The molecule has 5 nitrogen and oxygen atoms in total. The van der Waals surface area contributed by atoms with Crippen molar-refractivity contribution in [1.29, 1.82) is 0 Å². The molecule has 1 aromatic rings. The Morgan fingerprint density at radius 3 is 2.75 bits per heavy atom. The van der Waals surface area contributed by atoms with Crippen LogP contribution in [0.15, 0.2) is 18.2 Å². The lowest BCUT2D eigenvalue weighted by Gasteiger charge is -2.37. The van der Waals surface area contributed by atoms with Gasteiger partial charge in [0.1, 0.15) is 11.8 Å². The van der Waals surface area contributed by atoms with E-state index in [4.69, 9.17) is 0 Å². The summed E-state index contributed by atoms with van der Waals surface area (Å²) in [7, 11) is 1.86. The van der Waals surface area contributed by atoms with Gasteiger partial charge in [0.2, 0.25) is 5.91 Å². The van der Waals surface area contributed by atoms with Crippen LogP contribution in [0.4, 0.5) is 5.69 Å². The Bertz CT molecular complexity index is 502. The molecule has 1 aliphatic heterocycles. The van der Waals surface area contributed by atoms with Gasteiger partial charge in [-0.05, 0) is 24.0 Å². The number of rotatable bonds is 2. The number of fused-ring (bicyclic) bond motifs is 1. The van der Waals surface area contributed by atoms with E-state index in [9.17, 15) is 15.0 Å². The van der Waals surface area contributed by atoms with Crippen molar-refractivity contribution in [2.24, 2.45) is 5.92 Å². The summed E-state index contributed by atoms with van der Waals surface area (Å²) >= 11 is 0. The number of phenols is 1. The van der Waals surface area contributed by atoms with Crippen LogP contribution in [-0.4, -0.2) is 41.9 Å². The van der Waals surface area contributed by atoms with Crippen LogP contribution >= 0.6 is 0 Å². The number of carbonyl (C=O) groups excluding carboxylic acids is 1. The van der Waals surface area contributed by atoms with E-state index in [0.717, 1.165) is 11.3 Å².